The van der Waals surface area contributed by atoms with E-state index in [9.17, 15) is 14.4 Å². The highest BCUT2D eigenvalue weighted by Gasteiger charge is 2.37. The number of hydrogen-bond acceptors (Lipinski definition) is 5. The topological polar surface area (TPSA) is 85.6 Å². The van der Waals surface area contributed by atoms with Gasteiger partial charge in [0.05, 0.1) is 25.1 Å². The number of rotatable bonds is 5. The van der Waals surface area contributed by atoms with Gasteiger partial charge in [-0.1, -0.05) is 43.7 Å². The molecule has 0 bridgehead atoms. The van der Waals surface area contributed by atoms with E-state index in [-0.39, 0.29) is 23.4 Å². The maximum absolute atomic E-state index is 13.0. The minimum absolute atomic E-state index is 0.00111. The molecule has 0 radical (unpaired) electrons. The number of esters is 1. The number of nitrogens with one attached hydrogen (secondary N) is 1. The molecule has 154 valence electrons. The second-order valence-electron chi connectivity index (χ2n) is 8.51. The standard InChI is InChI=1S/C23H27NO5/c1-13-6-8-15(9-7-13)16(10-19(26)28-5)24-22(27)21-14(2)20-17(25)11-23(3,4)12-18(20)29-21/h6-9,16H,10-12H2,1-5H3,(H,24,27). The Balaban J connectivity index is 1.89. The number of ether oxygens (including phenoxy) is 1. The minimum atomic E-state index is -0.566. The Morgan fingerprint density at radius 3 is 2.45 bits per heavy atom. The highest BCUT2D eigenvalue weighted by Crippen LogP contribution is 2.38. The average molecular weight is 397 g/mol. The van der Waals surface area contributed by atoms with E-state index in [1.807, 2.05) is 45.0 Å². The summed E-state index contributed by atoms with van der Waals surface area (Å²) in [5.41, 5.74) is 2.75. The summed E-state index contributed by atoms with van der Waals surface area (Å²) in [5.74, 6) is -0.182. The van der Waals surface area contributed by atoms with Crippen molar-refractivity contribution in [1.29, 1.82) is 0 Å². The summed E-state index contributed by atoms with van der Waals surface area (Å²) in [6.07, 6.45) is 1.03. The molecule has 0 aliphatic heterocycles. The molecule has 0 fully saturated rings. The van der Waals surface area contributed by atoms with Gasteiger partial charge in [-0.15, -0.1) is 0 Å². The molecule has 1 aliphatic rings. The Morgan fingerprint density at radius 2 is 1.83 bits per heavy atom. The van der Waals surface area contributed by atoms with Gasteiger partial charge in [-0.05, 0) is 24.8 Å². The molecule has 3 rings (SSSR count). The first-order chi connectivity index (χ1) is 13.6. The van der Waals surface area contributed by atoms with Crippen LogP contribution in [0.25, 0.3) is 0 Å². The van der Waals surface area contributed by atoms with Crippen molar-refractivity contribution >= 4 is 17.7 Å². The first-order valence-electron chi connectivity index (χ1n) is 9.71. The zero-order valence-corrected chi connectivity index (χ0v) is 17.5. The summed E-state index contributed by atoms with van der Waals surface area (Å²) in [7, 11) is 1.31. The van der Waals surface area contributed by atoms with Crippen molar-refractivity contribution < 1.29 is 23.5 Å². The van der Waals surface area contributed by atoms with E-state index in [4.69, 9.17) is 9.15 Å². The molecule has 1 amide bonds. The highest BCUT2D eigenvalue weighted by molar-refractivity contribution is 6.04. The number of furan rings is 1. The Morgan fingerprint density at radius 1 is 1.17 bits per heavy atom. The number of benzene rings is 1. The number of fused-ring (bicyclic) bond motifs is 1. The van der Waals surface area contributed by atoms with Crippen molar-refractivity contribution in [3.8, 4) is 0 Å². The fourth-order valence-electron chi connectivity index (χ4n) is 3.82. The van der Waals surface area contributed by atoms with E-state index in [1.54, 1.807) is 6.92 Å². The van der Waals surface area contributed by atoms with Crippen LogP contribution in [-0.2, 0) is 16.0 Å². The van der Waals surface area contributed by atoms with Gasteiger partial charge < -0.3 is 14.5 Å². The second kappa shape index (κ2) is 7.85. The largest absolute Gasteiger partial charge is 0.469 e. The Labute approximate surface area is 170 Å². The summed E-state index contributed by atoms with van der Waals surface area (Å²) in [6, 6.07) is 7.02. The monoisotopic (exact) mass is 397 g/mol. The van der Waals surface area contributed by atoms with Gasteiger partial charge in [0.1, 0.15) is 5.76 Å². The Bertz CT molecular complexity index is 952. The molecular formula is C23H27NO5. The van der Waals surface area contributed by atoms with E-state index in [1.165, 1.54) is 7.11 Å². The van der Waals surface area contributed by atoms with E-state index < -0.39 is 17.9 Å². The molecule has 1 heterocycles. The molecule has 1 N–H and O–H groups in total. The Hall–Kier alpha value is -2.89. The lowest BCUT2D eigenvalue weighted by atomic mass is 9.76. The van der Waals surface area contributed by atoms with Crippen LogP contribution in [0, 0.1) is 19.3 Å². The van der Waals surface area contributed by atoms with Crippen LogP contribution < -0.4 is 5.32 Å². The SMILES string of the molecule is COC(=O)CC(NC(=O)c1oc2c(c1C)C(=O)CC(C)(C)C2)c1ccc(C)cc1. The van der Waals surface area contributed by atoms with Gasteiger partial charge in [0.25, 0.3) is 5.91 Å². The zero-order valence-electron chi connectivity index (χ0n) is 17.5. The molecule has 29 heavy (non-hydrogen) atoms. The highest BCUT2D eigenvalue weighted by atomic mass is 16.5. The second-order valence-corrected chi connectivity index (χ2v) is 8.51. The summed E-state index contributed by atoms with van der Waals surface area (Å²) in [5, 5.41) is 2.88. The van der Waals surface area contributed by atoms with Crippen LogP contribution in [0.4, 0.5) is 0 Å². The van der Waals surface area contributed by atoms with Gasteiger partial charge in [0.15, 0.2) is 11.5 Å². The van der Waals surface area contributed by atoms with Crippen LogP contribution in [0.5, 0.6) is 0 Å². The van der Waals surface area contributed by atoms with Crippen LogP contribution in [0.1, 0.15) is 76.1 Å². The van der Waals surface area contributed by atoms with Crippen LogP contribution in [0.15, 0.2) is 28.7 Å². The van der Waals surface area contributed by atoms with Crippen LogP contribution in [0.3, 0.4) is 0 Å². The van der Waals surface area contributed by atoms with Crippen molar-refractivity contribution in [2.75, 3.05) is 7.11 Å². The van der Waals surface area contributed by atoms with Crippen LogP contribution in [0.2, 0.25) is 0 Å². The number of ketones is 1. The van der Waals surface area contributed by atoms with Crippen molar-refractivity contribution in [1.82, 2.24) is 5.32 Å². The molecule has 0 saturated carbocycles. The number of methoxy groups -OCH3 is 1. The van der Waals surface area contributed by atoms with Crippen molar-refractivity contribution in [2.45, 2.75) is 53.0 Å². The molecule has 6 nitrogen and oxygen atoms in total. The van der Waals surface area contributed by atoms with E-state index in [0.717, 1.165) is 11.1 Å². The minimum Gasteiger partial charge on any atom is -0.469 e. The maximum Gasteiger partial charge on any atom is 0.307 e. The van der Waals surface area contributed by atoms with E-state index in [2.05, 4.69) is 5.32 Å². The van der Waals surface area contributed by atoms with Crippen molar-refractivity contribution in [3.05, 3.63) is 58.0 Å². The number of Topliss-reactive ketones (excluding diaryl/α,β-unsaturated/α-hetero) is 1. The van der Waals surface area contributed by atoms with Crippen LogP contribution in [-0.4, -0.2) is 24.8 Å². The van der Waals surface area contributed by atoms with Gasteiger partial charge in [-0.2, -0.15) is 0 Å². The molecular weight excluding hydrogens is 370 g/mol. The van der Waals surface area contributed by atoms with Gasteiger partial charge in [0.2, 0.25) is 0 Å². The van der Waals surface area contributed by atoms with Gasteiger partial charge in [-0.3, -0.25) is 14.4 Å². The number of aryl methyl sites for hydroxylation is 1. The van der Waals surface area contributed by atoms with Gasteiger partial charge in [-0.25, -0.2) is 0 Å². The molecule has 0 saturated heterocycles. The van der Waals surface area contributed by atoms with E-state index >= 15 is 0 Å². The maximum atomic E-state index is 13.0. The lowest BCUT2D eigenvalue weighted by Crippen LogP contribution is -2.30. The lowest BCUT2D eigenvalue weighted by molar-refractivity contribution is -0.141. The van der Waals surface area contributed by atoms with Gasteiger partial charge in [0, 0.05) is 18.4 Å². The van der Waals surface area contributed by atoms with Crippen molar-refractivity contribution in [3.63, 3.8) is 0 Å². The third-order valence-corrected chi connectivity index (χ3v) is 5.37. The molecule has 6 heteroatoms. The fourth-order valence-corrected chi connectivity index (χ4v) is 3.82. The first-order valence-corrected chi connectivity index (χ1v) is 9.71. The molecule has 0 spiro atoms. The molecule has 1 aromatic carbocycles. The number of carbonyl (C=O) groups excluding carboxylic acids is 3. The summed E-state index contributed by atoms with van der Waals surface area (Å²) < 4.78 is 10.6. The first kappa shape index (κ1) is 20.8. The molecule has 1 atom stereocenters. The lowest BCUT2D eigenvalue weighted by Gasteiger charge is -2.27. The number of hydrogen-bond donors (Lipinski definition) is 1. The summed E-state index contributed by atoms with van der Waals surface area (Å²) in [4.78, 5) is 37.4. The number of carbonyl (C=O) groups is 3. The fraction of sp³-hybridized carbons (Fsp3) is 0.435. The van der Waals surface area contributed by atoms with Gasteiger partial charge >= 0.3 is 5.97 Å². The van der Waals surface area contributed by atoms with Crippen molar-refractivity contribution in [2.24, 2.45) is 5.41 Å². The normalized spacial score (nSPS) is 16.1. The quantitative estimate of drug-likeness (QED) is 0.768. The molecule has 1 unspecified atom stereocenters. The molecule has 1 aromatic heterocycles. The third-order valence-electron chi connectivity index (χ3n) is 5.37. The predicted octanol–water partition coefficient (Wildman–Crippen LogP) is 4.09. The number of amides is 1. The Kier molecular flexibility index (Phi) is 5.64. The molecule has 1 aliphatic carbocycles. The summed E-state index contributed by atoms with van der Waals surface area (Å²) >= 11 is 0. The zero-order chi connectivity index (χ0) is 21.3. The predicted molar refractivity (Wildman–Crippen MR) is 108 cm³/mol. The molecule has 2 aromatic rings. The smallest absolute Gasteiger partial charge is 0.307 e. The summed E-state index contributed by atoms with van der Waals surface area (Å²) in [6.45, 7) is 7.71. The van der Waals surface area contributed by atoms with Crippen LogP contribution >= 0.6 is 0 Å². The van der Waals surface area contributed by atoms with E-state index in [0.29, 0.717) is 29.7 Å². The third kappa shape index (κ3) is 4.42. The average Bonchev–Trinajstić information content (AvgIpc) is 2.97.